The Bertz CT molecular complexity index is 562. The highest BCUT2D eigenvalue weighted by Gasteiger charge is 2.11. The SMILES string of the molecule is CNc1ccc(C)cc1/C(=N/O)c1ccccc1. The van der Waals surface area contributed by atoms with Gasteiger partial charge in [-0.2, -0.15) is 0 Å². The molecule has 0 atom stereocenters. The van der Waals surface area contributed by atoms with E-state index >= 15 is 0 Å². The van der Waals surface area contributed by atoms with Gasteiger partial charge < -0.3 is 10.5 Å². The molecule has 3 heteroatoms. The van der Waals surface area contributed by atoms with Crippen molar-refractivity contribution in [3.63, 3.8) is 0 Å². The van der Waals surface area contributed by atoms with E-state index in [1.165, 1.54) is 0 Å². The summed E-state index contributed by atoms with van der Waals surface area (Å²) in [7, 11) is 1.86. The van der Waals surface area contributed by atoms with Gasteiger partial charge in [0.2, 0.25) is 0 Å². The van der Waals surface area contributed by atoms with Gasteiger partial charge in [-0.05, 0) is 19.1 Å². The summed E-state index contributed by atoms with van der Waals surface area (Å²) in [6.07, 6.45) is 0. The van der Waals surface area contributed by atoms with Crippen LogP contribution < -0.4 is 5.32 Å². The highest BCUT2D eigenvalue weighted by Crippen LogP contribution is 2.21. The Kier molecular flexibility index (Phi) is 3.63. The van der Waals surface area contributed by atoms with E-state index in [4.69, 9.17) is 0 Å². The van der Waals surface area contributed by atoms with Gasteiger partial charge in [0, 0.05) is 23.9 Å². The summed E-state index contributed by atoms with van der Waals surface area (Å²) in [6.45, 7) is 2.02. The number of hydrogen-bond acceptors (Lipinski definition) is 3. The summed E-state index contributed by atoms with van der Waals surface area (Å²) < 4.78 is 0. The second-order valence-electron chi connectivity index (χ2n) is 4.11. The van der Waals surface area contributed by atoms with Crippen LogP contribution >= 0.6 is 0 Å². The van der Waals surface area contributed by atoms with Crippen LogP contribution in [0.4, 0.5) is 5.69 Å². The van der Waals surface area contributed by atoms with E-state index in [1.807, 2.05) is 62.5 Å². The van der Waals surface area contributed by atoms with Gasteiger partial charge in [0.1, 0.15) is 5.71 Å². The van der Waals surface area contributed by atoms with Crippen molar-refractivity contribution in [2.24, 2.45) is 5.16 Å². The Morgan fingerprint density at radius 2 is 1.83 bits per heavy atom. The van der Waals surface area contributed by atoms with Crippen LogP contribution in [0.15, 0.2) is 53.7 Å². The van der Waals surface area contributed by atoms with Crippen LogP contribution in [-0.2, 0) is 0 Å². The Hall–Kier alpha value is -2.29. The molecule has 92 valence electrons. The first-order valence-electron chi connectivity index (χ1n) is 5.82. The zero-order valence-corrected chi connectivity index (χ0v) is 10.5. The molecule has 0 amide bonds. The van der Waals surface area contributed by atoms with Gasteiger partial charge in [0.25, 0.3) is 0 Å². The van der Waals surface area contributed by atoms with Crippen molar-refractivity contribution in [1.29, 1.82) is 0 Å². The smallest absolute Gasteiger partial charge is 0.119 e. The third kappa shape index (κ3) is 2.35. The van der Waals surface area contributed by atoms with Gasteiger partial charge in [0.15, 0.2) is 0 Å². The van der Waals surface area contributed by atoms with Crippen LogP contribution in [0.2, 0.25) is 0 Å². The Morgan fingerprint density at radius 1 is 1.11 bits per heavy atom. The van der Waals surface area contributed by atoms with Crippen molar-refractivity contribution >= 4 is 11.4 Å². The molecule has 0 saturated carbocycles. The molecule has 0 unspecified atom stereocenters. The molecule has 2 aromatic carbocycles. The number of nitrogens with one attached hydrogen (secondary N) is 1. The summed E-state index contributed by atoms with van der Waals surface area (Å²) in [4.78, 5) is 0. The molecule has 2 N–H and O–H groups in total. The molecule has 0 fully saturated rings. The molecule has 0 aromatic heterocycles. The lowest BCUT2D eigenvalue weighted by Gasteiger charge is -2.11. The van der Waals surface area contributed by atoms with Crippen molar-refractivity contribution in [2.75, 3.05) is 12.4 Å². The van der Waals surface area contributed by atoms with Gasteiger partial charge >= 0.3 is 0 Å². The van der Waals surface area contributed by atoms with Crippen molar-refractivity contribution in [2.45, 2.75) is 6.92 Å². The summed E-state index contributed by atoms with van der Waals surface area (Å²) >= 11 is 0. The number of nitrogens with zero attached hydrogens (tertiary/aromatic N) is 1. The van der Waals surface area contributed by atoms with Crippen molar-refractivity contribution in [3.8, 4) is 0 Å². The molecule has 0 spiro atoms. The Morgan fingerprint density at radius 3 is 2.44 bits per heavy atom. The molecule has 0 aliphatic rings. The monoisotopic (exact) mass is 240 g/mol. The third-order valence-corrected chi connectivity index (χ3v) is 2.85. The molecule has 0 saturated heterocycles. The molecule has 0 heterocycles. The molecule has 2 aromatic rings. The molecule has 0 aliphatic heterocycles. The maximum absolute atomic E-state index is 9.30. The van der Waals surface area contributed by atoms with Gasteiger partial charge in [-0.1, -0.05) is 47.1 Å². The highest BCUT2D eigenvalue weighted by molar-refractivity contribution is 6.15. The lowest BCUT2D eigenvalue weighted by atomic mass is 9.99. The van der Waals surface area contributed by atoms with E-state index in [0.717, 1.165) is 22.4 Å². The fourth-order valence-electron chi connectivity index (χ4n) is 1.94. The number of aryl methyl sites for hydroxylation is 1. The zero-order valence-electron chi connectivity index (χ0n) is 10.5. The van der Waals surface area contributed by atoms with E-state index in [1.54, 1.807) is 0 Å². The fourth-order valence-corrected chi connectivity index (χ4v) is 1.94. The topological polar surface area (TPSA) is 44.6 Å². The molecular formula is C15H16N2O. The normalized spacial score (nSPS) is 11.3. The fraction of sp³-hybridized carbons (Fsp3) is 0.133. The highest BCUT2D eigenvalue weighted by atomic mass is 16.4. The summed E-state index contributed by atoms with van der Waals surface area (Å²) in [5, 5.41) is 15.9. The van der Waals surface area contributed by atoms with Gasteiger partial charge in [-0.25, -0.2) is 0 Å². The standard InChI is InChI=1S/C15H16N2O/c1-11-8-9-14(16-2)13(10-11)15(17-18)12-6-4-3-5-7-12/h3-10,16,18H,1-2H3/b17-15+. The quantitative estimate of drug-likeness (QED) is 0.491. The number of rotatable bonds is 3. The second kappa shape index (κ2) is 5.36. The van der Waals surface area contributed by atoms with Gasteiger partial charge in [0.05, 0.1) is 0 Å². The summed E-state index contributed by atoms with van der Waals surface area (Å²) in [6, 6.07) is 15.7. The first-order chi connectivity index (χ1) is 8.76. The van der Waals surface area contributed by atoms with Gasteiger partial charge in [-0.3, -0.25) is 0 Å². The maximum Gasteiger partial charge on any atom is 0.119 e. The summed E-state index contributed by atoms with van der Waals surface area (Å²) in [5.41, 5.74) is 4.43. The minimum absolute atomic E-state index is 0.573. The minimum Gasteiger partial charge on any atom is -0.410 e. The summed E-state index contributed by atoms with van der Waals surface area (Å²) in [5.74, 6) is 0. The third-order valence-electron chi connectivity index (χ3n) is 2.85. The molecule has 3 nitrogen and oxygen atoms in total. The van der Waals surface area contributed by atoms with Crippen molar-refractivity contribution < 1.29 is 5.21 Å². The van der Waals surface area contributed by atoms with Crippen LogP contribution in [0, 0.1) is 6.92 Å². The van der Waals surface area contributed by atoms with E-state index in [2.05, 4.69) is 10.5 Å². The van der Waals surface area contributed by atoms with E-state index in [9.17, 15) is 5.21 Å². The van der Waals surface area contributed by atoms with Crippen molar-refractivity contribution in [1.82, 2.24) is 0 Å². The van der Waals surface area contributed by atoms with Crippen LogP contribution in [0.3, 0.4) is 0 Å². The number of anilines is 1. The molecule has 18 heavy (non-hydrogen) atoms. The van der Waals surface area contributed by atoms with E-state index < -0.39 is 0 Å². The molecule has 2 rings (SSSR count). The minimum atomic E-state index is 0.573. The Labute approximate surface area is 107 Å². The predicted octanol–water partition coefficient (Wildman–Crippen LogP) is 3.26. The van der Waals surface area contributed by atoms with Crippen LogP contribution in [0.25, 0.3) is 0 Å². The van der Waals surface area contributed by atoms with E-state index in [0.29, 0.717) is 5.71 Å². The molecular weight excluding hydrogens is 224 g/mol. The molecule has 0 radical (unpaired) electrons. The first-order valence-corrected chi connectivity index (χ1v) is 5.82. The average Bonchev–Trinajstić information content (AvgIpc) is 2.41. The number of hydrogen-bond donors (Lipinski definition) is 2. The first kappa shape index (κ1) is 12.2. The lowest BCUT2D eigenvalue weighted by Crippen LogP contribution is -2.07. The number of benzene rings is 2. The largest absolute Gasteiger partial charge is 0.410 e. The van der Waals surface area contributed by atoms with E-state index in [-0.39, 0.29) is 0 Å². The molecule has 0 bridgehead atoms. The lowest BCUT2D eigenvalue weighted by molar-refractivity contribution is 0.319. The molecule has 0 aliphatic carbocycles. The average molecular weight is 240 g/mol. The predicted molar refractivity (Wildman–Crippen MR) is 74.6 cm³/mol. The van der Waals surface area contributed by atoms with Crippen molar-refractivity contribution in [3.05, 3.63) is 65.2 Å². The van der Waals surface area contributed by atoms with Gasteiger partial charge in [-0.15, -0.1) is 0 Å². The van der Waals surface area contributed by atoms with Crippen LogP contribution in [0.1, 0.15) is 16.7 Å². The van der Waals surface area contributed by atoms with Crippen LogP contribution in [-0.4, -0.2) is 18.0 Å². The number of oxime groups is 1. The second-order valence-corrected chi connectivity index (χ2v) is 4.11. The maximum atomic E-state index is 9.30. The van der Waals surface area contributed by atoms with Crippen LogP contribution in [0.5, 0.6) is 0 Å². The zero-order chi connectivity index (χ0) is 13.0. The Balaban J connectivity index is 2.56.